The van der Waals surface area contributed by atoms with Gasteiger partial charge in [0.1, 0.15) is 11.3 Å². The van der Waals surface area contributed by atoms with Crippen LogP contribution in [0.1, 0.15) is 30.9 Å². The zero-order valence-corrected chi connectivity index (χ0v) is 19.4. The second kappa shape index (κ2) is 7.13. The number of aryl methyl sites for hydroxylation is 1. The zero-order valence-electron chi connectivity index (χ0n) is 18.6. The van der Waals surface area contributed by atoms with E-state index in [1.807, 2.05) is 6.92 Å². The third kappa shape index (κ3) is 2.58. The van der Waals surface area contributed by atoms with E-state index in [1.165, 1.54) is 11.8 Å². The number of carbonyl (C=O) groups is 4. The molecule has 0 radical (unpaired) electrons. The highest BCUT2D eigenvalue weighted by atomic mass is 35.5. The van der Waals surface area contributed by atoms with E-state index >= 15 is 0 Å². The van der Waals surface area contributed by atoms with Gasteiger partial charge in [0, 0.05) is 29.2 Å². The van der Waals surface area contributed by atoms with Crippen molar-refractivity contribution in [2.45, 2.75) is 38.3 Å². The Balaban J connectivity index is 1.48. The van der Waals surface area contributed by atoms with Crippen molar-refractivity contribution in [3.8, 4) is 5.75 Å². The molecule has 4 atom stereocenters. The number of anilines is 2. The van der Waals surface area contributed by atoms with Gasteiger partial charge in [-0.1, -0.05) is 11.6 Å². The van der Waals surface area contributed by atoms with Crippen molar-refractivity contribution in [1.29, 1.82) is 0 Å². The van der Waals surface area contributed by atoms with Gasteiger partial charge in [-0.05, 0) is 68.3 Å². The first kappa shape index (κ1) is 21.3. The molecular weight excluding hydrogens is 458 g/mol. The number of nitrogens with zero attached hydrogens (tertiary/aromatic N) is 2. The Morgan fingerprint density at radius 3 is 2.59 bits per heavy atom. The summed E-state index contributed by atoms with van der Waals surface area (Å²) < 4.78 is 5.07. The van der Waals surface area contributed by atoms with E-state index < -0.39 is 29.3 Å². The molecule has 4 aliphatic rings. The van der Waals surface area contributed by atoms with Gasteiger partial charge in [0.25, 0.3) is 0 Å². The molecule has 4 heterocycles. The minimum absolute atomic E-state index is 0.206. The van der Waals surface area contributed by atoms with Crippen molar-refractivity contribution < 1.29 is 23.9 Å². The van der Waals surface area contributed by atoms with Crippen LogP contribution in [-0.4, -0.2) is 41.2 Å². The Morgan fingerprint density at radius 2 is 1.88 bits per heavy atom. The number of hydrogen-bond acceptors (Lipinski definition) is 6. The summed E-state index contributed by atoms with van der Waals surface area (Å²) in [5, 5.41) is 3.48. The van der Waals surface area contributed by atoms with Crippen molar-refractivity contribution in [2.75, 3.05) is 16.8 Å². The molecule has 0 saturated carbocycles. The molecule has 1 spiro atoms. The number of benzene rings is 2. The number of carbonyl (C=O) groups excluding carboxylic acids is 4. The van der Waals surface area contributed by atoms with Crippen LogP contribution in [0, 0.1) is 18.8 Å². The summed E-state index contributed by atoms with van der Waals surface area (Å²) in [5.74, 6) is -2.59. The first-order chi connectivity index (χ1) is 16.2. The first-order valence-corrected chi connectivity index (χ1v) is 11.7. The fourth-order valence-electron chi connectivity index (χ4n) is 6.52. The summed E-state index contributed by atoms with van der Waals surface area (Å²) in [6.07, 6.45) is 1.58. The lowest BCUT2D eigenvalue weighted by Gasteiger charge is -2.36. The summed E-state index contributed by atoms with van der Waals surface area (Å²) in [4.78, 5) is 55.9. The molecule has 0 aromatic heterocycles. The van der Waals surface area contributed by atoms with Gasteiger partial charge in [0.15, 0.2) is 0 Å². The van der Waals surface area contributed by atoms with Crippen molar-refractivity contribution in [1.82, 2.24) is 4.90 Å². The normalized spacial score (nSPS) is 29.4. The van der Waals surface area contributed by atoms with Gasteiger partial charge >= 0.3 is 5.97 Å². The van der Waals surface area contributed by atoms with Crippen LogP contribution in [-0.2, 0) is 24.7 Å². The van der Waals surface area contributed by atoms with Crippen molar-refractivity contribution in [2.24, 2.45) is 11.8 Å². The van der Waals surface area contributed by atoms with Gasteiger partial charge in [-0.15, -0.1) is 0 Å². The van der Waals surface area contributed by atoms with Crippen LogP contribution in [0.2, 0.25) is 5.02 Å². The highest BCUT2D eigenvalue weighted by Crippen LogP contribution is 2.61. The molecule has 8 nitrogen and oxygen atoms in total. The van der Waals surface area contributed by atoms with Crippen LogP contribution in [0.5, 0.6) is 5.75 Å². The maximum Gasteiger partial charge on any atom is 0.308 e. The topological polar surface area (TPSA) is 96.0 Å². The van der Waals surface area contributed by atoms with Gasteiger partial charge in [-0.2, -0.15) is 0 Å². The van der Waals surface area contributed by atoms with Crippen LogP contribution in [0.3, 0.4) is 0 Å². The predicted molar refractivity (Wildman–Crippen MR) is 123 cm³/mol. The molecule has 9 heteroatoms. The second-order valence-electron chi connectivity index (χ2n) is 9.37. The SMILES string of the molecule is CC(=O)Oc1ccc(N2C(=O)[C@H]3[C@@H](C2=O)[C@]2(C(=O)Nc4c(C)cc(Cl)cc42)N2CCC[C@@H]32)cc1. The Bertz CT molecular complexity index is 1290. The Labute approximate surface area is 200 Å². The monoisotopic (exact) mass is 479 g/mol. The second-order valence-corrected chi connectivity index (χ2v) is 9.81. The number of nitrogens with one attached hydrogen (secondary N) is 1. The molecule has 3 saturated heterocycles. The van der Waals surface area contributed by atoms with E-state index in [0.717, 1.165) is 18.4 Å². The lowest BCUT2D eigenvalue weighted by molar-refractivity contribution is -0.135. The Kier molecular flexibility index (Phi) is 4.47. The number of hydrogen-bond donors (Lipinski definition) is 1. The zero-order chi connectivity index (χ0) is 23.9. The van der Waals surface area contributed by atoms with Crippen LogP contribution < -0.4 is 15.0 Å². The number of imide groups is 1. The summed E-state index contributed by atoms with van der Waals surface area (Å²) in [6, 6.07) is 9.59. The van der Waals surface area contributed by atoms with E-state index in [0.29, 0.717) is 34.3 Å². The average Bonchev–Trinajstić information content (AvgIpc) is 3.48. The third-order valence-corrected chi connectivity index (χ3v) is 7.84. The van der Waals surface area contributed by atoms with Crippen molar-refractivity contribution in [3.05, 3.63) is 52.5 Å². The van der Waals surface area contributed by atoms with Gasteiger partial charge in [0.05, 0.1) is 17.5 Å². The number of rotatable bonds is 2. The van der Waals surface area contributed by atoms with Crippen LogP contribution >= 0.6 is 11.6 Å². The van der Waals surface area contributed by atoms with E-state index in [9.17, 15) is 19.2 Å². The minimum atomic E-state index is -1.27. The molecule has 0 unspecified atom stereocenters. The molecule has 3 fully saturated rings. The number of fused-ring (bicyclic) bond motifs is 7. The summed E-state index contributed by atoms with van der Waals surface area (Å²) in [6.45, 7) is 3.80. The first-order valence-electron chi connectivity index (χ1n) is 11.3. The molecule has 6 rings (SSSR count). The van der Waals surface area contributed by atoms with E-state index in [4.69, 9.17) is 16.3 Å². The Morgan fingerprint density at radius 1 is 1.15 bits per heavy atom. The largest absolute Gasteiger partial charge is 0.427 e. The number of ether oxygens (including phenoxy) is 1. The average molecular weight is 480 g/mol. The van der Waals surface area contributed by atoms with Gasteiger partial charge in [-0.25, -0.2) is 4.90 Å². The fourth-order valence-corrected chi connectivity index (χ4v) is 6.79. The van der Waals surface area contributed by atoms with E-state index in [1.54, 1.807) is 36.4 Å². The number of halogens is 1. The van der Waals surface area contributed by atoms with Crippen LogP contribution in [0.25, 0.3) is 0 Å². The molecule has 174 valence electrons. The smallest absolute Gasteiger partial charge is 0.308 e. The van der Waals surface area contributed by atoms with E-state index in [-0.39, 0.29) is 17.9 Å². The lowest BCUT2D eigenvalue weighted by Crippen LogP contribution is -2.54. The third-order valence-electron chi connectivity index (χ3n) is 7.62. The molecule has 4 aliphatic heterocycles. The molecule has 0 bridgehead atoms. The standard InChI is InChI=1S/C25H22ClN3O5/c1-12-10-14(26)11-17-21(12)27-24(33)25(17)20-19(18-4-3-9-28(18)25)22(31)29(23(20)32)15-5-7-16(8-6-15)34-13(2)30/h5-8,10-11,18-20H,3-4,9H2,1-2H3,(H,27,33)/t18-,19+,20-,25+/m0/s1. The molecular formula is C25H22ClN3O5. The van der Waals surface area contributed by atoms with Gasteiger partial charge in [0.2, 0.25) is 17.7 Å². The lowest BCUT2D eigenvalue weighted by atomic mass is 9.75. The highest BCUT2D eigenvalue weighted by Gasteiger charge is 2.74. The molecule has 34 heavy (non-hydrogen) atoms. The highest BCUT2D eigenvalue weighted by molar-refractivity contribution is 6.31. The quantitative estimate of drug-likeness (QED) is 0.404. The fraction of sp³-hybridized carbons (Fsp3) is 0.360. The van der Waals surface area contributed by atoms with E-state index in [2.05, 4.69) is 10.2 Å². The summed E-state index contributed by atoms with van der Waals surface area (Å²) in [7, 11) is 0. The van der Waals surface area contributed by atoms with Gasteiger partial charge < -0.3 is 10.1 Å². The maximum atomic E-state index is 14.0. The number of esters is 1. The molecule has 2 aromatic carbocycles. The predicted octanol–water partition coefficient (Wildman–Crippen LogP) is 3.00. The molecule has 2 aromatic rings. The Hall–Kier alpha value is -3.23. The molecule has 1 N–H and O–H groups in total. The number of amides is 3. The maximum absolute atomic E-state index is 14.0. The van der Waals surface area contributed by atoms with Crippen molar-refractivity contribution >= 4 is 46.7 Å². The molecule has 0 aliphatic carbocycles. The van der Waals surface area contributed by atoms with Crippen LogP contribution in [0.4, 0.5) is 11.4 Å². The van der Waals surface area contributed by atoms with Crippen molar-refractivity contribution in [3.63, 3.8) is 0 Å². The minimum Gasteiger partial charge on any atom is -0.427 e. The molecule has 3 amide bonds. The van der Waals surface area contributed by atoms with Gasteiger partial charge in [-0.3, -0.25) is 24.1 Å². The summed E-state index contributed by atoms with van der Waals surface area (Å²) >= 11 is 6.41. The van der Waals surface area contributed by atoms with Crippen LogP contribution in [0.15, 0.2) is 36.4 Å². The summed E-state index contributed by atoms with van der Waals surface area (Å²) in [5.41, 5.74) is 1.29.